The highest BCUT2D eigenvalue weighted by molar-refractivity contribution is 6.49. The third-order valence-electron chi connectivity index (χ3n) is 0.138. The maximum Gasteiger partial charge on any atom is 0.130 e. The Labute approximate surface area is 852 Å². The van der Waals surface area contributed by atoms with Gasteiger partial charge in [-0.1, -0.05) is 0 Å². The quantitative estimate of drug-likeness (QED) is 0.260. The van der Waals surface area contributed by atoms with Gasteiger partial charge in [-0.15, -0.1) is 696 Å². The van der Waals surface area contributed by atoms with Crippen molar-refractivity contribution in [2.45, 2.75) is 4.84 Å². The van der Waals surface area contributed by atoms with E-state index in [-0.39, 0.29) is 161 Å². The molecule has 0 heterocycles. The van der Waals surface area contributed by atoms with E-state index in [1.807, 2.05) is 0 Å². The van der Waals surface area contributed by atoms with Crippen molar-refractivity contribution in [3.8, 4) is 0 Å². The maximum atomic E-state index is 7.88. The summed E-state index contributed by atoms with van der Waals surface area (Å²) in [5.41, 5.74) is 0. The fourth-order valence-corrected chi connectivity index (χ4v) is 0. The van der Waals surface area contributed by atoms with Crippen LogP contribution in [0.2, 0.25) is 0 Å². The highest BCUT2D eigenvalue weighted by atomic mass is 35.6. The molecule has 0 amide bonds. The normalized spacial score (nSPS) is 6.20. The predicted octanol–water partition coefficient (Wildman–Crippen LogP) is 42.0. The standard InChI is InChI=1S/C2H4Cl2O.29CH2Cl2/c3-2(4)1-5;29*2-1-3/h2,5H,1H2;29*1H2. The van der Waals surface area contributed by atoms with Crippen LogP contribution in [0.5, 0.6) is 0 Å². The molecule has 0 aliphatic heterocycles. The average molecular weight is 2580 g/mol. The SMILES string of the molecule is ClCCl.ClCCl.ClCCl.ClCCl.ClCCl.ClCCl.ClCCl.ClCCl.ClCCl.ClCCl.ClCCl.ClCCl.ClCCl.ClCCl.ClCCl.ClCCl.ClCCl.ClCCl.ClCCl.ClCCl.ClCCl.ClCCl.ClCCl.ClCCl.ClCCl.ClCCl.ClCCl.ClCCl.ClCCl.OCC(Cl)Cl. The van der Waals surface area contributed by atoms with E-state index >= 15 is 0 Å². The summed E-state index contributed by atoms with van der Waals surface area (Å²) in [6.45, 7) is -0.164. The molecule has 0 aromatic heterocycles. The van der Waals surface area contributed by atoms with E-state index < -0.39 is 4.84 Å². The lowest BCUT2D eigenvalue weighted by Gasteiger charge is -1.84. The summed E-state index contributed by atoms with van der Waals surface area (Å²) in [5, 5.41) is 13.5. The van der Waals surface area contributed by atoms with Crippen LogP contribution >= 0.6 is 696 Å². The molecule has 0 saturated carbocycles. The summed E-state index contributed by atoms with van der Waals surface area (Å²) >= 11 is 286. The van der Waals surface area contributed by atoms with E-state index in [9.17, 15) is 0 Å². The number of rotatable bonds is 1. The summed E-state index contributed by atoms with van der Waals surface area (Å²) in [6.07, 6.45) is 0. The lowest BCUT2D eigenvalue weighted by atomic mass is 10.9. The molecule has 0 aromatic rings. The first-order chi connectivity index (χ1) is 43.3. The molecule has 0 atom stereocenters. The Hall–Kier alpha value is 17.4. The van der Waals surface area contributed by atoms with Gasteiger partial charge in [-0.2, -0.15) is 0 Å². The number of halogens is 60. The van der Waals surface area contributed by atoms with Gasteiger partial charge in [0.25, 0.3) is 0 Å². The van der Waals surface area contributed by atoms with Crippen LogP contribution in [0.3, 0.4) is 0 Å². The molecule has 0 fully saturated rings. The fraction of sp³-hybridized carbons (Fsp3) is 1.00. The van der Waals surface area contributed by atoms with Gasteiger partial charge in [-0.3, -0.25) is 0 Å². The van der Waals surface area contributed by atoms with Crippen molar-refractivity contribution >= 4 is 696 Å². The average Bonchev–Trinajstić information content (AvgIpc) is 3.43. The highest BCUT2D eigenvalue weighted by Crippen LogP contribution is 1.96. The summed E-state index contributed by atoms with van der Waals surface area (Å²) in [4.78, 5) is -0.616. The Morgan fingerprint density at radius 1 is 0.109 bits per heavy atom. The molecule has 0 aliphatic rings. The lowest BCUT2D eigenvalue weighted by molar-refractivity contribution is 0.313. The first-order valence-corrected chi connectivity index (χ1v) is 48.5. The van der Waals surface area contributed by atoms with Crippen LogP contribution in [0, 0.1) is 0 Å². The molecule has 0 aromatic carbocycles. The van der Waals surface area contributed by atoms with E-state index in [1.165, 1.54) is 0 Å². The van der Waals surface area contributed by atoms with Crippen LogP contribution in [0.1, 0.15) is 0 Å². The van der Waals surface area contributed by atoms with Gasteiger partial charge >= 0.3 is 0 Å². The van der Waals surface area contributed by atoms with Gasteiger partial charge in [-0.25, -0.2) is 0 Å². The van der Waals surface area contributed by atoms with Crippen LogP contribution in [-0.4, -0.2) is 171 Å². The molecule has 0 rings (SSSR count). The Morgan fingerprint density at radius 2 is 0.120 bits per heavy atom. The number of aliphatic hydroxyl groups excluding tert-OH is 1. The number of hydrogen-bond acceptors (Lipinski definition) is 1. The van der Waals surface area contributed by atoms with Gasteiger partial charge in [0, 0.05) is 0 Å². The van der Waals surface area contributed by atoms with Crippen LogP contribution in [0.25, 0.3) is 0 Å². The van der Waals surface area contributed by atoms with Gasteiger partial charge < -0.3 is 5.11 Å². The second-order valence-electron chi connectivity index (χ2n) is 3.50. The Bertz CT molecular complexity index is 282. The molecule has 1 N–H and O–H groups in total. The molecule has 61 heteroatoms. The fourth-order valence-electron chi connectivity index (χ4n) is 0. The maximum absolute atomic E-state index is 7.88. The van der Waals surface area contributed by atoms with E-state index in [0.717, 1.165) is 0 Å². The largest absolute Gasteiger partial charge is 0.394 e. The Kier molecular flexibility index (Phi) is 1090. The third-order valence-corrected chi connectivity index (χ3v) is 0.414. The highest BCUT2D eigenvalue weighted by Gasteiger charge is 1.88. The number of alkyl halides is 60. The van der Waals surface area contributed by atoms with Crippen molar-refractivity contribution in [1.29, 1.82) is 0 Å². The zero-order valence-corrected chi connectivity index (χ0v) is 90.3. The van der Waals surface area contributed by atoms with Gasteiger partial charge in [0.05, 0.1) is 161 Å². The molecule has 92 heavy (non-hydrogen) atoms. The summed E-state index contributed by atoms with van der Waals surface area (Å²) < 4.78 is 0. The summed E-state index contributed by atoms with van der Waals surface area (Å²) in [5.74, 6) is 0. The zero-order valence-electron chi connectivity index (χ0n) is 44.9. The zero-order chi connectivity index (χ0) is 82.8. The van der Waals surface area contributed by atoms with Crippen LogP contribution in [-0.2, 0) is 0 Å². The van der Waals surface area contributed by atoms with Crippen LogP contribution < -0.4 is 0 Å². The van der Waals surface area contributed by atoms with Gasteiger partial charge in [0.1, 0.15) is 4.84 Å². The van der Waals surface area contributed by atoms with E-state index in [1.54, 1.807) is 0 Å². The topological polar surface area (TPSA) is 20.2 Å². The Balaban J connectivity index is -0.0000000154. The minimum absolute atomic E-state index is 0.164. The summed E-state index contributed by atoms with van der Waals surface area (Å²) in [6, 6.07) is 0. The molecule has 0 aliphatic carbocycles. The van der Waals surface area contributed by atoms with Crippen LogP contribution in [0.15, 0.2) is 0 Å². The number of hydrogen-bond donors (Lipinski definition) is 1. The molecule has 1 nitrogen and oxygen atoms in total. The van der Waals surface area contributed by atoms with Crippen molar-refractivity contribution in [2.75, 3.05) is 161 Å². The first-order valence-electron chi connectivity index (χ1n) is 16.7. The molecule has 0 saturated heterocycles. The van der Waals surface area contributed by atoms with Gasteiger partial charge in [-0.05, 0) is 0 Å². The van der Waals surface area contributed by atoms with Gasteiger partial charge in [0.15, 0.2) is 0 Å². The van der Waals surface area contributed by atoms with E-state index in [4.69, 9.17) is 701 Å². The van der Waals surface area contributed by atoms with Crippen LogP contribution in [0.4, 0.5) is 0 Å². The molecular formula is C31H62Cl60O. The molecular weight excluding hydrogens is 2520 g/mol. The van der Waals surface area contributed by atoms with Gasteiger partial charge in [0.2, 0.25) is 0 Å². The first kappa shape index (κ1) is 204. The molecule has 0 unspecified atom stereocenters. The van der Waals surface area contributed by atoms with E-state index in [2.05, 4.69) is 0 Å². The minimum Gasteiger partial charge on any atom is -0.394 e. The Morgan fingerprint density at radius 3 is 0.120 bits per heavy atom. The van der Waals surface area contributed by atoms with Crippen molar-refractivity contribution in [2.24, 2.45) is 0 Å². The molecule has 0 spiro atoms. The monoisotopic (exact) mass is 2550 g/mol. The second kappa shape index (κ2) is 492. The lowest BCUT2D eigenvalue weighted by Crippen LogP contribution is -1.90. The number of aliphatic hydroxyl groups is 1. The third kappa shape index (κ3) is 3240. The van der Waals surface area contributed by atoms with Crippen molar-refractivity contribution in [3.63, 3.8) is 0 Å². The van der Waals surface area contributed by atoms with E-state index in [0.29, 0.717) is 0 Å². The predicted molar refractivity (Wildman–Crippen MR) is 503 cm³/mol. The summed E-state index contributed by atoms with van der Waals surface area (Å²) in [7, 11) is 0. The molecule has 612 valence electrons. The minimum atomic E-state index is -0.616. The second-order valence-corrected chi connectivity index (χ2v) is 28.2. The van der Waals surface area contributed by atoms with Crippen molar-refractivity contribution in [1.82, 2.24) is 0 Å². The smallest absolute Gasteiger partial charge is 0.130 e. The van der Waals surface area contributed by atoms with Crippen molar-refractivity contribution in [3.05, 3.63) is 0 Å². The molecule has 0 radical (unpaired) electrons. The molecule has 0 bridgehead atoms. The van der Waals surface area contributed by atoms with Crippen molar-refractivity contribution < 1.29 is 5.11 Å².